The Morgan fingerprint density at radius 2 is 1.77 bits per heavy atom. The number of carbonyl (C=O) groups is 2. The molecule has 0 spiro atoms. The number of aromatic nitrogens is 1. The number of piperidine rings is 1. The van der Waals surface area contributed by atoms with Crippen molar-refractivity contribution in [2.24, 2.45) is 5.92 Å². The smallest absolute Gasteiger partial charge is 0.238 e. The molecule has 6 nitrogen and oxygen atoms in total. The van der Waals surface area contributed by atoms with Crippen LogP contribution in [0.3, 0.4) is 0 Å². The minimum absolute atomic E-state index is 0.00575. The second-order valence-corrected chi connectivity index (χ2v) is 7.84. The van der Waals surface area contributed by atoms with E-state index in [-0.39, 0.29) is 17.7 Å². The number of anilines is 2. The van der Waals surface area contributed by atoms with Gasteiger partial charge in [0.25, 0.3) is 0 Å². The molecule has 1 saturated heterocycles. The molecule has 0 unspecified atom stereocenters. The Morgan fingerprint density at radius 1 is 1.00 bits per heavy atom. The van der Waals surface area contributed by atoms with Crippen molar-refractivity contribution in [2.75, 3.05) is 30.3 Å². The first-order valence-electron chi connectivity index (χ1n) is 10.3. The normalized spacial score (nSPS) is 15.1. The van der Waals surface area contributed by atoms with Crippen LogP contribution in [0.15, 0.2) is 60.8 Å². The number of hydrogen-bond donors (Lipinski definition) is 2. The van der Waals surface area contributed by atoms with Gasteiger partial charge >= 0.3 is 0 Å². The summed E-state index contributed by atoms with van der Waals surface area (Å²) in [6.45, 7) is 3.74. The highest BCUT2D eigenvalue weighted by atomic mass is 16.2. The lowest BCUT2D eigenvalue weighted by atomic mass is 9.96. The van der Waals surface area contributed by atoms with Gasteiger partial charge in [-0.25, -0.2) is 4.98 Å². The molecule has 1 aliphatic rings. The third-order valence-electron chi connectivity index (χ3n) is 5.55. The molecule has 1 fully saturated rings. The van der Waals surface area contributed by atoms with Crippen LogP contribution in [0, 0.1) is 12.8 Å². The number of benzene rings is 2. The maximum Gasteiger partial charge on any atom is 0.238 e. The zero-order valence-corrected chi connectivity index (χ0v) is 17.1. The van der Waals surface area contributed by atoms with Crippen LogP contribution in [-0.2, 0) is 9.59 Å². The Bertz CT molecular complexity index is 1040. The average molecular weight is 402 g/mol. The summed E-state index contributed by atoms with van der Waals surface area (Å²) in [5.74, 6) is 0.511. The summed E-state index contributed by atoms with van der Waals surface area (Å²) in [6, 6.07) is 17.7. The van der Waals surface area contributed by atoms with E-state index in [1.807, 2.05) is 61.5 Å². The Labute approximate surface area is 176 Å². The van der Waals surface area contributed by atoms with Crippen molar-refractivity contribution in [3.05, 3.63) is 66.4 Å². The first-order valence-corrected chi connectivity index (χ1v) is 10.3. The summed E-state index contributed by atoms with van der Waals surface area (Å²) >= 11 is 0. The Balaban J connectivity index is 1.27. The molecule has 0 saturated carbocycles. The number of rotatable bonds is 5. The van der Waals surface area contributed by atoms with Gasteiger partial charge in [0.1, 0.15) is 5.82 Å². The van der Waals surface area contributed by atoms with Crippen LogP contribution < -0.4 is 10.6 Å². The molecule has 154 valence electrons. The Morgan fingerprint density at radius 3 is 2.53 bits per heavy atom. The Hall–Kier alpha value is -3.25. The van der Waals surface area contributed by atoms with Crippen LogP contribution >= 0.6 is 0 Å². The quantitative estimate of drug-likeness (QED) is 0.680. The lowest BCUT2D eigenvalue weighted by Crippen LogP contribution is -2.41. The highest BCUT2D eigenvalue weighted by molar-refractivity contribution is 6.02. The molecule has 2 aromatic carbocycles. The Kier molecular flexibility index (Phi) is 6.05. The van der Waals surface area contributed by atoms with Gasteiger partial charge in [-0.2, -0.15) is 0 Å². The molecule has 0 aliphatic carbocycles. The number of fused-ring (bicyclic) bond motifs is 1. The van der Waals surface area contributed by atoms with E-state index in [1.54, 1.807) is 6.20 Å². The zero-order chi connectivity index (χ0) is 20.9. The van der Waals surface area contributed by atoms with Gasteiger partial charge in [0.05, 0.1) is 6.54 Å². The van der Waals surface area contributed by atoms with Crippen molar-refractivity contribution in [3.8, 4) is 0 Å². The van der Waals surface area contributed by atoms with E-state index in [0.717, 1.165) is 48.0 Å². The maximum atomic E-state index is 12.6. The minimum atomic E-state index is -0.0505. The maximum absolute atomic E-state index is 12.6. The van der Waals surface area contributed by atoms with Crippen molar-refractivity contribution in [1.82, 2.24) is 9.88 Å². The van der Waals surface area contributed by atoms with Gasteiger partial charge in [-0.15, -0.1) is 0 Å². The van der Waals surface area contributed by atoms with Gasteiger partial charge in [-0.05, 0) is 55.9 Å². The summed E-state index contributed by atoms with van der Waals surface area (Å²) < 4.78 is 0. The molecule has 0 radical (unpaired) electrons. The van der Waals surface area contributed by atoms with Crippen LogP contribution in [0.4, 0.5) is 11.5 Å². The number of carbonyl (C=O) groups excluding carboxylic acids is 2. The summed E-state index contributed by atoms with van der Waals surface area (Å²) in [6.07, 6.45) is 3.21. The highest BCUT2D eigenvalue weighted by Gasteiger charge is 2.26. The molecule has 2 N–H and O–H groups in total. The van der Waals surface area contributed by atoms with E-state index < -0.39 is 0 Å². The van der Waals surface area contributed by atoms with Gasteiger partial charge in [0.2, 0.25) is 11.8 Å². The average Bonchev–Trinajstić information content (AvgIpc) is 2.76. The third-order valence-corrected chi connectivity index (χ3v) is 5.55. The lowest BCUT2D eigenvalue weighted by Gasteiger charge is -2.30. The summed E-state index contributed by atoms with van der Waals surface area (Å²) in [4.78, 5) is 31.4. The van der Waals surface area contributed by atoms with E-state index >= 15 is 0 Å². The van der Waals surface area contributed by atoms with Gasteiger partial charge in [-0.3, -0.25) is 14.5 Å². The number of amides is 2. The number of nitrogens with one attached hydrogen (secondary N) is 2. The standard InChI is InChI=1S/C24H26N4O2/c1-17-9-10-22(25-15-17)27-24(30)19-11-13-28(14-12-19)16-23(29)26-21-8-4-6-18-5-2-3-7-20(18)21/h2-10,15,19H,11-14,16H2,1H3,(H,26,29)(H,25,27,30). The van der Waals surface area contributed by atoms with Crippen molar-refractivity contribution in [1.29, 1.82) is 0 Å². The van der Waals surface area contributed by atoms with Crippen molar-refractivity contribution in [2.45, 2.75) is 19.8 Å². The predicted octanol–water partition coefficient (Wildman–Crippen LogP) is 3.83. The molecule has 0 bridgehead atoms. The largest absolute Gasteiger partial charge is 0.324 e. The molecule has 1 aliphatic heterocycles. The molecule has 2 amide bonds. The van der Waals surface area contributed by atoms with Crippen molar-refractivity contribution < 1.29 is 9.59 Å². The molecule has 4 rings (SSSR count). The zero-order valence-electron chi connectivity index (χ0n) is 17.1. The summed E-state index contributed by atoms with van der Waals surface area (Å²) in [7, 11) is 0. The topological polar surface area (TPSA) is 74.3 Å². The monoisotopic (exact) mass is 402 g/mol. The summed E-state index contributed by atoms with van der Waals surface area (Å²) in [5.41, 5.74) is 1.89. The van der Waals surface area contributed by atoms with Crippen LogP contribution in [0.2, 0.25) is 0 Å². The fourth-order valence-corrected chi connectivity index (χ4v) is 3.85. The molecular formula is C24H26N4O2. The third kappa shape index (κ3) is 4.83. The van der Waals surface area contributed by atoms with Gasteiger partial charge in [-0.1, -0.05) is 42.5 Å². The number of likely N-dealkylation sites (tertiary alicyclic amines) is 1. The second kappa shape index (κ2) is 9.05. The molecule has 6 heteroatoms. The first kappa shape index (κ1) is 20.0. The van der Waals surface area contributed by atoms with Crippen LogP contribution in [-0.4, -0.2) is 41.3 Å². The molecule has 2 heterocycles. The van der Waals surface area contributed by atoms with Crippen LogP contribution in [0.5, 0.6) is 0 Å². The van der Waals surface area contributed by atoms with E-state index in [0.29, 0.717) is 12.4 Å². The fraction of sp³-hybridized carbons (Fsp3) is 0.292. The van der Waals surface area contributed by atoms with Crippen LogP contribution in [0.25, 0.3) is 10.8 Å². The number of nitrogens with zero attached hydrogens (tertiary/aromatic N) is 2. The van der Waals surface area contributed by atoms with Gasteiger partial charge in [0, 0.05) is 23.2 Å². The fourth-order valence-electron chi connectivity index (χ4n) is 3.85. The molecule has 30 heavy (non-hydrogen) atoms. The molecular weight excluding hydrogens is 376 g/mol. The van der Waals surface area contributed by atoms with Gasteiger partial charge < -0.3 is 10.6 Å². The highest BCUT2D eigenvalue weighted by Crippen LogP contribution is 2.23. The molecule has 3 aromatic rings. The van der Waals surface area contributed by atoms with Crippen molar-refractivity contribution >= 4 is 34.1 Å². The summed E-state index contributed by atoms with van der Waals surface area (Å²) in [5, 5.41) is 8.07. The van der Waals surface area contributed by atoms with E-state index in [9.17, 15) is 9.59 Å². The second-order valence-electron chi connectivity index (χ2n) is 7.84. The van der Waals surface area contributed by atoms with E-state index in [1.165, 1.54) is 0 Å². The van der Waals surface area contributed by atoms with Gasteiger partial charge in [0.15, 0.2) is 0 Å². The first-order chi connectivity index (χ1) is 14.6. The van der Waals surface area contributed by atoms with Crippen LogP contribution in [0.1, 0.15) is 18.4 Å². The molecule has 1 aromatic heterocycles. The predicted molar refractivity (Wildman–Crippen MR) is 119 cm³/mol. The number of hydrogen-bond acceptors (Lipinski definition) is 4. The van der Waals surface area contributed by atoms with Crippen molar-refractivity contribution in [3.63, 3.8) is 0 Å². The van der Waals surface area contributed by atoms with E-state index in [2.05, 4.69) is 20.5 Å². The SMILES string of the molecule is Cc1ccc(NC(=O)C2CCN(CC(=O)Nc3cccc4ccccc34)CC2)nc1. The molecule has 0 atom stereocenters. The number of aryl methyl sites for hydroxylation is 1. The lowest BCUT2D eigenvalue weighted by molar-refractivity contribution is -0.121. The van der Waals surface area contributed by atoms with E-state index in [4.69, 9.17) is 0 Å². The number of pyridine rings is 1. The minimum Gasteiger partial charge on any atom is -0.324 e.